The Labute approximate surface area is 114 Å². The van der Waals surface area contributed by atoms with Crippen LogP contribution in [0.5, 0.6) is 0 Å². The van der Waals surface area contributed by atoms with Crippen LogP contribution in [0, 0.1) is 24.7 Å². The molecule has 0 amide bonds. The van der Waals surface area contributed by atoms with Crippen LogP contribution in [0.3, 0.4) is 0 Å². The maximum atomic E-state index is 5.83. The zero-order valence-corrected chi connectivity index (χ0v) is 11.8. The van der Waals surface area contributed by atoms with Crippen molar-refractivity contribution < 1.29 is 4.52 Å². The van der Waals surface area contributed by atoms with Gasteiger partial charge in [-0.1, -0.05) is 5.16 Å². The van der Waals surface area contributed by atoms with Crippen molar-refractivity contribution in [1.29, 1.82) is 0 Å². The van der Waals surface area contributed by atoms with Crippen LogP contribution < -0.4 is 5.73 Å². The summed E-state index contributed by atoms with van der Waals surface area (Å²) in [5.41, 5.74) is 8.49. The Bertz CT molecular complexity index is 456. The second kappa shape index (κ2) is 4.08. The van der Waals surface area contributed by atoms with Gasteiger partial charge in [-0.25, -0.2) is 0 Å². The summed E-state index contributed by atoms with van der Waals surface area (Å²) < 4.78 is 5.83. The lowest BCUT2D eigenvalue weighted by Crippen LogP contribution is -2.48. The summed E-state index contributed by atoms with van der Waals surface area (Å²) in [5.74, 6) is 4.06. The predicted molar refractivity (Wildman–Crippen MR) is 73.8 cm³/mol. The molecule has 1 heterocycles. The van der Waals surface area contributed by atoms with E-state index in [-0.39, 0.29) is 0 Å². The van der Waals surface area contributed by atoms with Gasteiger partial charge < -0.3 is 10.3 Å². The average Bonchev–Trinajstić information content (AvgIpc) is 2.70. The van der Waals surface area contributed by atoms with Crippen LogP contribution in [0.25, 0.3) is 0 Å². The van der Waals surface area contributed by atoms with E-state index in [2.05, 4.69) is 12.1 Å². The van der Waals surface area contributed by atoms with E-state index in [1.807, 2.05) is 0 Å². The maximum absolute atomic E-state index is 5.83. The summed E-state index contributed by atoms with van der Waals surface area (Å²) >= 11 is 0. The third kappa shape index (κ3) is 1.70. The average molecular weight is 260 g/mol. The van der Waals surface area contributed by atoms with Gasteiger partial charge in [-0.2, -0.15) is 0 Å². The Hall–Kier alpha value is -0.830. The lowest BCUT2D eigenvalue weighted by atomic mass is 9.48. The fourth-order valence-corrected chi connectivity index (χ4v) is 5.63. The molecule has 5 rings (SSSR count). The molecule has 4 bridgehead atoms. The van der Waals surface area contributed by atoms with Gasteiger partial charge in [0.1, 0.15) is 5.76 Å². The number of rotatable bonds is 3. The number of nitrogens with zero attached hydrogens (tertiary/aromatic N) is 1. The Balaban J connectivity index is 1.75. The molecule has 0 atom stereocenters. The summed E-state index contributed by atoms with van der Waals surface area (Å²) in [6.45, 7) is 2.76. The third-order valence-corrected chi connectivity index (χ3v) is 5.90. The van der Waals surface area contributed by atoms with Gasteiger partial charge in [0.25, 0.3) is 0 Å². The van der Waals surface area contributed by atoms with Crippen molar-refractivity contribution in [2.75, 3.05) is 6.54 Å². The van der Waals surface area contributed by atoms with Gasteiger partial charge >= 0.3 is 0 Å². The van der Waals surface area contributed by atoms with Crippen molar-refractivity contribution in [2.24, 2.45) is 23.5 Å². The van der Waals surface area contributed by atoms with E-state index in [1.54, 1.807) is 0 Å². The normalized spacial score (nSPS) is 40.0. The highest BCUT2D eigenvalue weighted by molar-refractivity contribution is 5.32. The molecule has 0 aromatic carbocycles. The molecule has 4 saturated carbocycles. The van der Waals surface area contributed by atoms with Crippen LogP contribution in [0.2, 0.25) is 0 Å². The molecule has 0 spiro atoms. The lowest BCUT2D eigenvalue weighted by Gasteiger charge is -2.55. The van der Waals surface area contributed by atoms with Crippen LogP contribution in [-0.2, 0) is 11.8 Å². The monoisotopic (exact) mass is 260 g/mol. The Morgan fingerprint density at radius 1 is 1.16 bits per heavy atom. The molecule has 4 aliphatic carbocycles. The second-order valence-electron chi connectivity index (χ2n) is 7.31. The highest BCUT2D eigenvalue weighted by atomic mass is 16.5. The first kappa shape index (κ1) is 12.0. The minimum absolute atomic E-state index is 0.320. The van der Waals surface area contributed by atoms with E-state index in [9.17, 15) is 0 Å². The van der Waals surface area contributed by atoms with Crippen LogP contribution in [0.4, 0.5) is 0 Å². The molecular weight excluding hydrogens is 236 g/mol. The molecule has 4 fully saturated rings. The zero-order valence-electron chi connectivity index (χ0n) is 11.8. The maximum Gasteiger partial charge on any atom is 0.146 e. The molecule has 104 valence electrons. The lowest BCUT2D eigenvalue weighted by molar-refractivity contribution is -0.0180. The van der Waals surface area contributed by atoms with Crippen LogP contribution >= 0.6 is 0 Å². The minimum atomic E-state index is 0.320. The largest absolute Gasteiger partial charge is 0.360 e. The van der Waals surface area contributed by atoms with Crippen molar-refractivity contribution in [3.63, 3.8) is 0 Å². The SMILES string of the molecule is Cc1noc(C23CC4CC(CC(C4)C2)C3)c1CCN. The molecule has 0 saturated heterocycles. The van der Waals surface area contributed by atoms with E-state index < -0.39 is 0 Å². The van der Waals surface area contributed by atoms with Crippen LogP contribution in [-0.4, -0.2) is 11.7 Å². The molecule has 0 radical (unpaired) electrons. The number of aromatic nitrogens is 1. The topological polar surface area (TPSA) is 52.0 Å². The fourth-order valence-electron chi connectivity index (χ4n) is 5.63. The number of hydrogen-bond acceptors (Lipinski definition) is 3. The Kier molecular flexibility index (Phi) is 2.57. The van der Waals surface area contributed by atoms with E-state index in [1.165, 1.54) is 49.8 Å². The van der Waals surface area contributed by atoms with E-state index >= 15 is 0 Å². The van der Waals surface area contributed by atoms with Crippen molar-refractivity contribution in [3.05, 3.63) is 17.0 Å². The molecule has 2 N–H and O–H groups in total. The van der Waals surface area contributed by atoms with Gasteiger partial charge in [0, 0.05) is 11.0 Å². The summed E-state index contributed by atoms with van der Waals surface area (Å²) in [6, 6.07) is 0. The van der Waals surface area contributed by atoms with Crippen molar-refractivity contribution in [3.8, 4) is 0 Å². The smallest absolute Gasteiger partial charge is 0.146 e. The van der Waals surface area contributed by atoms with Gasteiger partial charge in [0.05, 0.1) is 5.69 Å². The number of aryl methyl sites for hydroxylation is 1. The van der Waals surface area contributed by atoms with Crippen LogP contribution in [0.15, 0.2) is 4.52 Å². The summed E-state index contributed by atoms with van der Waals surface area (Å²) in [4.78, 5) is 0. The van der Waals surface area contributed by atoms with Gasteiger partial charge in [-0.15, -0.1) is 0 Å². The second-order valence-corrected chi connectivity index (χ2v) is 7.31. The van der Waals surface area contributed by atoms with E-state index in [0.717, 1.165) is 29.9 Å². The Morgan fingerprint density at radius 3 is 2.26 bits per heavy atom. The van der Waals surface area contributed by atoms with Crippen LogP contribution in [0.1, 0.15) is 55.5 Å². The van der Waals surface area contributed by atoms with Crippen molar-refractivity contribution >= 4 is 0 Å². The Morgan fingerprint density at radius 2 is 1.74 bits per heavy atom. The first-order valence-corrected chi connectivity index (χ1v) is 7.86. The molecule has 3 heteroatoms. The summed E-state index contributed by atoms with van der Waals surface area (Å²) in [7, 11) is 0. The van der Waals surface area contributed by atoms with Gasteiger partial charge in [0.15, 0.2) is 0 Å². The molecule has 0 aliphatic heterocycles. The number of nitrogens with two attached hydrogens (primary N) is 1. The van der Waals surface area contributed by atoms with Gasteiger partial charge in [-0.3, -0.25) is 0 Å². The van der Waals surface area contributed by atoms with E-state index in [4.69, 9.17) is 10.3 Å². The summed E-state index contributed by atoms with van der Waals surface area (Å²) in [5, 5.41) is 4.26. The predicted octanol–water partition coefficient (Wildman–Crippen LogP) is 2.95. The zero-order chi connectivity index (χ0) is 13.0. The molecule has 0 unspecified atom stereocenters. The molecule has 19 heavy (non-hydrogen) atoms. The van der Waals surface area contributed by atoms with E-state index in [0.29, 0.717) is 12.0 Å². The summed E-state index contributed by atoms with van der Waals surface area (Å²) in [6.07, 6.45) is 9.35. The quantitative estimate of drug-likeness (QED) is 0.909. The standard InChI is InChI=1S/C16H24N2O/c1-10-14(2-3-17)15(19-18-10)16-7-11-4-12(8-16)6-13(5-11)9-16/h11-13H,2-9,17H2,1H3. The van der Waals surface area contributed by atoms with Crippen molar-refractivity contribution in [2.45, 2.75) is 57.3 Å². The highest BCUT2D eigenvalue weighted by Crippen LogP contribution is 2.61. The van der Waals surface area contributed by atoms with Gasteiger partial charge in [0.2, 0.25) is 0 Å². The number of hydrogen-bond donors (Lipinski definition) is 1. The minimum Gasteiger partial charge on any atom is -0.360 e. The first-order valence-electron chi connectivity index (χ1n) is 7.86. The fraction of sp³-hybridized carbons (Fsp3) is 0.812. The first-order chi connectivity index (χ1) is 9.20. The van der Waals surface area contributed by atoms with Gasteiger partial charge in [-0.05, 0) is 76.2 Å². The molecule has 1 aromatic heterocycles. The highest BCUT2D eigenvalue weighted by Gasteiger charge is 2.54. The van der Waals surface area contributed by atoms with Crippen molar-refractivity contribution in [1.82, 2.24) is 5.16 Å². The molecule has 1 aromatic rings. The molecular formula is C16H24N2O. The third-order valence-electron chi connectivity index (χ3n) is 5.90. The molecule has 3 nitrogen and oxygen atoms in total. The molecule has 4 aliphatic rings.